The molecule has 16 heavy (non-hydrogen) atoms. The number of carbonyl (C=O) groups excluding carboxylic acids is 3. The number of amides is 1. The summed E-state index contributed by atoms with van der Waals surface area (Å²) in [6, 6.07) is -1.000. The number of nitrogens with one attached hydrogen (secondary N) is 1. The summed E-state index contributed by atoms with van der Waals surface area (Å²) in [6.45, 7) is 1.79. The van der Waals surface area contributed by atoms with Crippen molar-refractivity contribution in [2.24, 2.45) is 0 Å². The van der Waals surface area contributed by atoms with Crippen LogP contribution in [0.25, 0.3) is 0 Å². The van der Waals surface area contributed by atoms with E-state index in [1.807, 2.05) is 0 Å². The Morgan fingerprint density at radius 3 is 2.25 bits per heavy atom. The Hall–Kier alpha value is -1.59. The van der Waals surface area contributed by atoms with Gasteiger partial charge >= 0.3 is 0 Å². The monoisotopic (exact) mass is 229 g/mol. The minimum Gasteiger partial charge on any atom is -0.550 e. The minimum atomic E-state index is -1.32. The molecule has 0 aliphatic heterocycles. The highest BCUT2D eigenvalue weighted by atomic mass is 16.4. The van der Waals surface area contributed by atoms with Crippen LogP contribution >= 0.6 is 0 Å². The average Bonchev–Trinajstić information content (AvgIpc) is 2.16. The van der Waals surface area contributed by atoms with E-state index in [4.69, 9.17) is 0 Å². The molecule has 0 bridgehead atoms. The quantitative estimate of drug-likeness (QED) is 0.514. The van der Waals surface area contributed by atoms with Crippen LogP contribution in [-0.2, 0) is 14.4 Å². The van der Waals surface area contributed by atoms with Gasteiger partial charge in [-0.25, -0.2) is 0 Å². The van der Waals surface area contributed by atoms with Gasteiger partial charge in [0.1, 0.15) is 0 Å². The van der Waals surface area contributed by atoms with Gasteiger partial charge in [0.05, 0.1) is 12.0 Å². The van der Waals surface area contributed by atoms with Crippen molar-refractivity contribution in [2.45, 2.75) is 45.1 Å². The second-order valence-electron chi connectivity index (χ2n) is 3.45. The van der Waals surface area contributed by atoms with Crippen molar-refractivity contribution in [2.75, 3.05) is 0 Å². The molecule has 0 unspecified atom stereocenters. The van der Waals surface area contributed by atoms with E-state index in [2.05, 4.69) is 5.32 Å². The normalized spacial score (nSPS) is 11.8. The molecule has 1 amide bonds. The van der Waals surface area contributed by atoms with E-state index in [0.29, 0.717) is 12.8 Å². The summed E-state index contributed by atoms with van der Waals surface area (Å²) >= 11 is 0. The van der Waals surface area contributed by atoms with Crippen molar-refractivity contribution in [1.82, 2.24) is 5.32 Å². The first-order valence-electron chi connectivity index (χ1n) is 5.17. The summed E-state index contributed by atoms with van der Waals surface area (Å²) in [5.74, 6) is -3.03. The first kappa shape index (κ1) is 14.4. The number of carboxylic acids is 2. The van der Waals surface area contributed by atoms with Gasteiger partial charge in [0.25, 0.3) is 0 Å². The predicted molar refractivity (Wildman–Crippen MR) is 50.7 cm³/mol. The molecule has 1 N–H and O–H groups in total. The highest BCUT2D eigenvalue weighted by Gasteiger charge is 2.11. The molecule has 0 fully saturated rings. The summed E-state index contributed by atoms with van der Waals surface area (Å²) in [4.78, 5) is 31.8. The molecule has 6 nitrogen and oxygen atoms in total. The fraction of sp³-hybridized carbons (Fsp3) is 0.700. The third-order valence-electron chi connectivity index (χ3n) is 1.98. The molecule has 0 radical (unpaired) electrons. The maximum absolute atomic E-state index is 11.2. The third kappa shape index (κ3) is 6.80. The second kappa shape index (κ2) is 7.67. The molecule has 0 saturated carbocycles. The third-order valence-corrected chi connectivity index (χ3v) is 1.98. The predicted octanol–water partition coefficient (Wildman–Crippen LogP) is -2.06. The zero-order valence-corrected chi connectivity index (χ0v) is 9.15. The highest BCUT2D eigenvalue weighted by molar-refractivity contribution is 5.82. The summed E-state index contributed by atoms with van der Waals surface area (Å²) in [7, 11) is 0. The average molecular weight is 229 g/mol. The lowest BCUT2D eigenvalue weighted by Gasteiger charge is -2.18. The summed E-state index contributed by atoms with van der Waals surface area (Å²) < 4.78 is 0. The molecule has 6 heteroatoms. The number of carbonyl (C=O) groups is 3. The number of rotatable bonds is 8. The van der Waals surface area contributed by atoms with Crippen LogP contribution in [0.3, 0.4) is 0 Å². The van der Waals surface area contributed by atoms with E-state index in [1.54, 1.807) is 6.92 Å². The van der Waals surface area contributed by atoms with Crippen molar-refractivity contribution in [3.8, 4) is 0 Å². The lowest BCUT2D eigenvalue weighted by Crippen LogP contribution is -2.47. The Bertz CT molecular complexity index is 264. The number of hydrogen-bond donors (Lipinski definition) is 1. The van der Waals surface area contributed by atoms with E-state index in [1.165, 1.54) is 0 Å². The van der Waals surface area contributed by atoms with Crippen LogP contribution in [0.1, 0.15) is 39.0 Å². The second-order valence-corrected chi connectivity index (χ2v) is 3.45. The van der Waals surface area contributed by atoms with Crippen LogP contribution in [0, 0.1) is 0 Å². The van der Waals surface area contributed by atoms with Gasteiger partial charge in [-0.3, -0.25) is 4.79 Å². The van der Waals surface area contributed by atoms with E-state index in [0.717, 1.165) is 0 Å². The van der Waals surface area contributed by atoms with Crippen molar-refractivity contribution in [3.63, 3.8) is 0 Å². The lowest BCUT2D eigenvalue weighted by atomic mass is 10.1. The molecule has 0 aromatic carbocycles. The summed E-state index contributed by atoms with van der Waals surface area (Å²) in [6.07, 6.45) is 0.811. The van der Waals surface area contributed by atoms with Crippen LogP contribution in [0.15, 0.2) is 0 Å². The smallest absolute Gasteiger partial charge is 0.220 e. The summed E-state index contributed by atoms with van der Waals surface area (Å²) in [5, 5.41) is 22.9. The zero-order valence-electron chi connectivity index (χ0n) is 9.15. The van der Waals surface area contributed by atoms with Gasteiger partial charge in [-0.05, 0) is 19.3 Å². The van der Waals surface area contributed by atoms with Gasteiger partial charge in [-0.15, -0.1) is 0 Å². The molecule has 1 atom stereocenters. The molecule has 92 valence electrons. The maximum atomic E-state index is 11.2. The molecule has 0 spiro atoms. The highest BCUT2D eigenvalue weighted by Crippen LogP contribution is 1.99. The molecule has 0 aromatic heterocycles. The van der Waals surface area contributed by atoms with E-state index in [9.17, 15) is 24.6 Å². The maximum Gasteiger partial charge on any atom is 0.220 e. The van der Waals surface area contributed by atoms with Crippen LogP contribution in [-0.4, -0.2) is 23.9 Å². The van der Waals surface area contributed by atoms with Crippen LogP contribution < -0.4 is 15.5 Å². The SMILES string of the molecule is CCC[C@@H](NC(=O)CCCC(=O)[O-])C(=O)[O-]. The molecular weight excluding hydrogens is 214 g/mol. The topological polar surface area (TPSA) is 109 Å². The lowest BCUT2D eigenvalue weighted by molar-refractivity contribution is -0.309. The van der Waals surface area contributed by atoms with Gasteiger partial charge in [0.15, 0.2) is 0 Å². The first-order valence-corrected chi connectivity index (χ1v) is 5.17. The van der Waals surface area contributed by atoms with Crippen LogP contribution in [0.2, 0.25) is 0 Å². The van der Waals surface area contributed by atoms with Gasteiger partial charge in [0.2, 0.25) is 5.91 Å². The Morgan fingerprint density at radius 1 is 1.19 bits per heavy atom. The van der Waals surface area contributed by atoms with Gasteiger partial charge in [-0.2, -0.15) is 0 Å². The van der Waals surface area contributed by atoms with E-state index < -0.39 is 23.9 Å². The standard InChI is InChI=1S/C10H17NO5/c1-2-4-7(10(15)16)11-8(12)5-3-6-9(13)14/h7H,2-6H2,1H3,(H,11,12)(H,13,14)(H,15,16)/p-2/t7-/m1/s1. The van der Waals surface area contributed by atoms with Gasteiger partial charge < -0.3 is 25.1 Å². The molecule has 0 aliphatic rings. The molecule has 0 saturated heterocycles. The molecule has 0 rings (SSSR count). The van der Waals surface area contributed by atoms with Gasteiger partial charge in [-0.1, -0.05) is 13.3 Å². The molecular formula is C10H15NO5-2. The Labute approximate surface area is 93.6 Å². The molecule has 0 aliphatic carbocycles. The van der Waals surface area contributed by atoms with Crippen molar-refractivity contribution in [1.29, 1.82) is 0 Å². The summed E-state index contributed by atoms with van der Waals surface area (Å²) in [5.41, 5.74) is 0. The number of aliphatic carboxylic acids is 2. The van der Waals surface area contributed by atoms with Crippen LogP contribution in [0.5, 0.6) is 0 Å². The van der Waals surface area contributed by atoms with Crippen molar-refractivity contribution in [3.05, 3.63) is 0 Å². The van der Waals surface area contributed by atoms with E-state index in [-0.39, 0.29) is 19.3 Å². The minimum absolute atomic E-state index is 0.0263. The first-order chi connectivity index (χ1) is 7.47. The van der Waals surface area contributed by atoms with Crippen molar-refractivity contribution < 1.29 is 24.6 Å². The van der Waals surface area contributed by atoms with E-state index >= 15 is 0 Å². The Balaban J connectivity index is 3.90. The van der Waals surface area contributed by atoms with Crippen molar-refractivity contribution >= 4 is 17.8 Å². The van der Waals surface area contributed by atoms with Gasteiger partial charge in [0, 0.05) is 12.4 Å². The Morgan fingerprint density at radius 2 is 1.81 bits per heavy atom. The largest absolute Gasteiger partial charge is 0.550 e. The van der Waals surface area contributed by atoms with Crippen LogP contribution in [0.4, 0.5) is 0 Å². The zero-order chi connectivity index (χ0) is 12.6. The fourth-order valence-corrected chi connectivity index (χ4v) is 1.20. The molecule has 0 heterocycles. The molecule has 0 aromatic rings. The number of carboxylic acid groups (broad SMARTS) is 2. The number of hydrogen-bond acceptors (Lipinski definition) is 5. The fourth-order valence-electron chi connectivity index (χ4n) is 1.20. The Kier molecular flexibility index (Phi) is 6.91.